The standard InChI is InChI=1S/C21H23FN2O6/c22-17-9-5-4-8-15(17)10-18(20(27)28)24-19(26)11-16(25)12-23-21(29)30-13-14-6-2-1-3-7-14/h1-9,16,18,25H,10-13H2,(H,23,29)(H,24,26)(H,27,28)/t16-,18+/m0/s1. The number of nitrogens with one attached hydrogen (secondary N) is 2. The number of hydrogen-bond donors (Lipinski definition) is 4. The number of hydrogen-bond acceptors (Lipinski definition) is 5. The number of ether oxygens (including phenoxy) is 1. The molecule has 160 valence electrons. The molecule has 0 unspecified atom stereocenters. The largest absolute Gasteiger partial charge is 0.480 e. The maximum atomic E-state index is 13.7. The summed E-state index contributed by atoms with van der Waals surface area (Å²) in [4.78, 5) is 35.0. The Labute approximate surface area is 172 Å². The van der Waals surface area contributed by atoms with Gasteiger partial charge in [0.15, 0.2) is 0 Å². The number of aliphatic hydroxyl groups excluding tert-OH is 1. The first kappa shape index (κ1) is 22.8. The van der Waals surface area contributed by atoms with Crippen LogP contribution in [-0.4, -0.2) is 46.9 Å². The van der Waals surface area contributed by atoms with Crippen molar-refractivity contribution in [3.05, 3.63) is 71.5 Å². The van der Waals surface area contributed by atoms with Crippen LogP contribution in [0.1, 0.15) is 17.5 Å². The first-order chi connectivity index (χ1) is 14.3. The van der Waals surface area contributed by atoms with E-state index in [2.05, 4.69) is 10.6 Å². The van der Waals surface area contributed by atoms with Gasteiger partial charge in [-0.15, -0.1) is 0 Å². The van der Waals surface area contributed by atoms with Crippen LogP contribution in [0.5, 0.6) is 0 Å². The monoisotopic (exact) mass is 418 g/mol. The Morgan fingerprint density at radius 2 is 1.70 bits per heavy atom. The van der Waals surface area contributed by atoms with E-state index in [4.69, 9.17) is 4.74 Å². The van der Waals surface area contributed by atoms with Crippen molar-refractivity contribution in [3.8, 4) is 0 Å². The van der Waals surface area contributed by atoms with Gasteiger partial charge < -0.3 is 25.6 Å². The molecule has 0 aliphatic rings. The van der Waals surface area contributed by atoms with Crippen LogP contribution >= 0.6 is 0 Å². The van der Waals surface area contributed by atoms with E-state index in [-0.39, 0.29) is 25.1 Å². The highest BCUT2D eigenvalue weighted by Gasteiger charge is 2.23. The summed E-state index contributed by atoms with van der Waals surface area (Å²) < 4.78 is 18.7. The van der Waals surface area contributed by atoms with Gasteiger partial charge in [0.25, 0.3) is 0 Å². The molecule has 2 amide bonds. The number of carbonyl (C=O) groups excluding carboxylic acids is 2. The van der Waals surface area contributed by atoms with E-state index in [0.29, 0.717) is 0 Å². The molecule has 0 aromatic heterocycles. The van der Waals surface area contributed by atoms with Gasteiger partial charge in [0.1, 0.15) is 18.5 Å². The Hall–Kier alpha value is -3.46. The lowest BCUT2D eigenvalue weighted by molar-refractivity contribution is -0.142. The van der Waals surface area contributed by atoms with E-state index in [9.17, 15) is 29.0 Å². The maximum absolute atomic E-state index is 13.7. The van der Waals surface area contributed by atoms with Gasteiger partial charge in [-0.1, -0.05) is 48.5 Å². The summed E-state index contributed by atoms with van der Waals surface area (Å²) in [5.74, 6) is -2.65. The second-order valence-electron chi connectivity index (χ2n) is 6.55. The average molecular weight is 418 g/mol. The lowest BCUT2D eigenvalue weighted by Crippen LogP contribution is -2.44. The topological polar surface area (TPSA) is 125 Å². The molecule has 2 rings (SSSR count). The third-order valence-electron chi connectivity index (χ3n) is 4.13. The number of benzene rings is 2. The first-order valence-corrected chi connectivity index (χ1v) is 9.23. The van der Waals surface area contributed by atoms with E-state index in [1.54, 1.807) is 30.3 Å². The molecule has 0 saturated heterocycles. The molecule has 0 spiro atoms. The SMILES string of the molecule is O=C(C[C@H](O)CNC(=O)OCc1ccccc1)N[C@H](Cc1ccccc1F)C(=O)O. The second kappa shape index (κ2) is 11.5. The van der Waals surface area contributed by atoms with Crippen molar-refractivity contribution in [2.24, 2.45) is 0 Å². The Morgan fingerprint density at radius 1 is 1.03 bits per heavy atom. The van der Waals surface area contributed by atoms with Gasteiger partial charge in [-0.05, 0) is 17.2 Å². The Balaban J connectivity index is 1.74. The molecule has 2 aromatic rings. The van der Waals surface area contributed by atoms with Crippen molar-refractivity contribution in [2.45, 2.75) is 31.6 Å². The van der Waals surface area contributed by atoms with Gasteiger partial charge >= 0.3 is 12.1 Å². The fraction of sp³-hybridized carbons (Fsp3) is 0.286. The number of amides is 2. The van der Waals surface area contributed by atoms with E-state index < -0.39 is 42.4 Å². The summed E-state index contributed by atoms with van der Waals surface area (Å²) in [5.41, 5.74) is 0.940. The molecule has 0 heterocycles. The highest BCUT2D eigenvalue weighted by atomic mass is 19.1. The summed E-state index contributed by atoms with van der Waals surface area (Å²) in [6, 6.07) is 13.3. The Morgan fingerprint density at radius 3 is 2.37 bits per heavy atom. The van der Waals surface area contributed by atoms with E-state index in [0.717, 1.165) is 5.56 Å². The van der Waals surface area contributed by atoms with E-state index in [1.165, 1.54) is 18.2 Å². The van der Waals surface area contributed by atoms with Gasteiger partial charge in [0, 0.05) is 13.0 Å². The quantitative estimate of drug-likeness (QED) is 0.465. The molecule has 0 bridgehead atoms. The number of carboxylic acid groups (broad SMARTS) is 1. The van der Waals surface area contributed by atoms with Crippen LogP contribution in [0.25, 0.3) is 0 Å². The van der Waals surface area contributed by atoms with Crippen molar-refractivity contribution >= 4 is 18.0 Å². The second-order valence-corrected chi connectivity index (χ2v) is 6.55. The predicted molar refractivity (Wildman–Crippen MR) is 105 cm³/mol. The van der Waals surface area contributed by atoms with Gasteiger partial charge in [-0.25, -0.2) is 14.0 Å². The first-order valence-electron chi connectivity index (χ1n) is 9.23. The molecule has 30 heavy (non-hydrogen) atoms. The summed E-state index contributed by atoms with van der Waals surface area (Å²) in [5, 5.41) is 23.7. The molecular formula is C21H23FN2O6. The van der Waals surface area contributed by atoms with Crippen LogP contribution in [0.15, 0.2) is 54.6 Å². The summed E-state index contributed by atoms with van der Waals surface area (Å²) in [6.45, 7) is -0.203. The highest BCUT2D eigenvalue weighted by molar-refractivity contribution is 5.84. The van der Waals surface area contributed by atoms with Gasteiger partial charge in [0.2, 0.25) is 5.91 Å². The maximum Gasteiger partial charge on any atom is 0.407 e. The van der Waals surface area contributed by atoms with Gasteiger partial charge in [-0.3, -0.25) is 4.79 Å². The van der Waals surface area contributed by atoms with Crippen LogP contribution < -0.4 is 10.6 Å². The molecule has 0 radical (unpaired) electrons. The molecule has 0 fully saturated rings. The number of aliphatic carboxylic acids is 1. The van der Waals surface area contributed by atoms with Crippen molar-refractivity contribution in [2.75, 3.05) is 6.54 Å². The molecule has 8 nitrogen and oxygen atoms in total. The number of alkyl carbamates (subject to hydrolysis) is 1. The summed E-state index contributed by atoms with van der Waals surface area (Å²) in [6.07, 6.45) is -2.70. The van der Waals surface area contributed by atoms with Crippen molar-refractivity contribution < 1.29 is 33.7 Å². The minimum Gasteiger partial charge on any atom is -0.480 e. The van der Waals surface area contributed by atoms with Crippen LogP contribution in [0, 0.1) is 5.82 Å². The third-order valence-corrected chi connectivity index (χ3v) is 4.13. The smallest absolute Gasteiger partial charge is 0.407 e. The number of rotatable bonds is 10. The van der Waals surface area contributed by atoms with Crippen molar-refractivity contribution in [1.29, 1.82) is 0 Å². The Kier molecular flexibility index (Phi) is 8.76. The molecule has 9 heteroatoms. The Bertz CT molecular complexity index is 862. The van der Waals surface area contributed by atoms with Crippen LogP contribution in [0.2, 0.25) is 0 Å². The molecule has 2 aromatic carbocycles. The lowest BCUT2D eigenvalue weighted by Gasteiger charge is -2.17. The van der Waals surface area contributed by atoms with Crippen molar-refractivity contribution in [1.82, 2.24) is 10.6 Å². The van der Waals surface area contributed by atoms with E-state index in [1.807, 2.05) is 6.07 Å². The summed E-state index contributed by atoms with van der Waals surface area (Å²) in [7, 11) is 0. The van der Waals surface area contributed by atoms with Crippen LogP contribution in [0.3, 0.4) is 0 Å². The normalized spacial score (nSPS) is 12.5. The van der Waals surface area contributed by atoms with Crippen LogP contribution in [-0.2, 0) is 27.4 Å². The number of halogens is 1. The molecular weight excluding hydrogens is 395 g/mol. The molecule has 0 aliphatic heterocycles. The average Bonchev–Trinajstić information content (AvgIpc) is 2.72. The zero-order valence-electron chi connectivity index (χ0n) is 16.1. The fourth-order valence-electron chi connectivity index (χ4n) is 2.60. The minimum absolute atomic E-state index is 0.0552. The van der Waals surface area contributed by atoms with Crippen LogP contribution in [0.4, 0.5) is 9.18 Å². The third kappa shape index (κ3) is 7.88. The van der Waals surface area contributed by atoms with Crippen molar-refractivity contribution in [3.63, 3.8) is 0 Å². The number of carbonyl (C=O) groups is 3. The predicted octanol–water partition coefficient (Wildman–Crippen LogP) is 1.61. The molecule has 4 N–H and O–H groups in total. The number of aliphatic hydroxyl groups is 1. The fourth-order valence-corrected chi connectivity index (χ4v) is 2.60. The molecule has 0 saturated carbocycles. The van der Waals surface area contributed by atoms with E-state index >= 15 is 0 Å². The zero-order chi connectivity index (χ0) is 21.9. The lowest BCUT2D eigenvalue weighted by atomic mass is 10.0. The highest BCUT2D eigenvalue weighted by Crippen LogP contribution is 2.10. The summed E-state index contributed by atoms with van der Waals surface area (Å²) >= 11 is 0. The molecule has 2 atom stereocenters. The van der Waals surface area contributed by atoms with Gasteiger partial charge in [0.05, 0.1) is 12.5 Å². The number of carboxylic acids is 1. The minimum atomic E-state index is -1.36. The van der Waals surface area contributed by atoms with Gasteiger partial charge in [-0.2, -0.15) is 0 Å². The molecule has 0 aliphatic carbocycles. The zero-order valence-corrected chi connectivity index (χ0v) is 16.1.